The van der Waals surface area contributed by atoms with Crippen LogP contribution >= 0.6 is 0 Å². The molecule has 0 aromatic carbocycles. The Morgan fingerprint density at radius 2 is 2.11 bits per heavy atom. The minimum absolute atomic E-state index is 0.103. The van der Waals surface area contributed by atoms with Crippen LogP contribution < -0.4 is 10.6 Å². The van der Waals surface area contributed by atoms with Crippen molar-refractivity contribution in [2.24, 2.45) is 10.7 Å². The van der Waals surface area contributed by atoms with Crippen molar-refractivity contribution in [3.63, 3.8) is 0 Å². The minimum Gasteiger partial charge on any atom is -0.466 e. The second kappa shape index (κ2) is 7.17. The van der Waals surface area contributed by atoms with E-state index in [1.165, 1.54) is 4.57 Å². The highest BCUT2D eigenvalue weighted by molar-refractivity contribution is 5.93. The van der Waals surface area contributed by atoms with Gasteiger partial charge < -0.3 is 25.4 Å². The van der Waals surface area contributed by atoms with Crippen LogP contribution in [0.2, 0.25) is 0 Å². The molecule has 0 bridgehead atoms. The van der Waals surface area contributed by atoms with Gasteiger partial charge in [-0.15, -0.1) is 0 Å². The van der Waals surface area contributed by atoms with Crippen molar-refractivity contribution < 1.29 is 19.4 Å². The number of carbonyl (C=O) groups excluding carboxylic acids is 2. The fourth-order valence-corrected chi connectivity index (χ4v) is 3.72. The topological polar surface area (TPSA) is 126 Å². The fourth-order valence-electron chi connectivity index (χ4n) is 3.72. The Bertz CT molecular complexity index is 799. The smallest absolute Gasteiger partial charge is 0.293 e. The lowest BCUT2D eigenvalue weighted by Gasteiger charge is -2.44. The molecule has 3 N–H and O–H groups in total. The molecule has 0 amide bonds. The molecular formula is C18H28N6O4. The van der Waals surface area contributed by atoms with Crippen LogP contribution in [0.4, 0.5) is 5.95 Å². The average molecular weight is 392 g/mol. The van der Waals surface area contributed by atoms with E-state index in [1.54, 1.807) is 13.3 Å². The van der Waals surface area contributed by atoms with Crippen molar-refractivity contribution >= 4 is 24.7 Å². The number of anilines is 1. The van der Waals surface area contributed by atoms with Gasteiger partial charge >= 0.3 is 0 Å². The zero-order valence-electron chi connectivity index (χ0n) is 16.9. The summed E-state index contributed by atoms with van der Waals surface area (Å²) in [6, 6.07) is -1.34. The SMILES string of the molecule is Cc1nc2n(c1CC(O)C(N)COC=O)C(=O)C1N=CN(C(C)(C)C)C1N2C. The molecular weight excluding hydrogens is 364 g/mol. The normalized spacial score (nSPS) is 23.5. The number of carbonyl (C=O) groups is 2. The molecule has 3 heterocycles. The number of ether oxygens (including phenoxy) is 1. The van der Waals surface area contributed by atoms with Gasteiger partial charge in [0.25, 0.3) is 12.4 Å². The molecule has 0 saturated carbocycles. The summed E-state index contributed by atoms with van der Waals surface area (Å²) in [6.45, 7) is 8.18. The Morgan fingerprint density at radius 1 is 1.43 bits per heavy atom. The molecule has 10 heteroatoms. The second-order valence-electron chi connectivity index (χ2n) is 8.29. The third kappa shape index (κ3) is 3.26. The van der Waals surface area contributed by atoms with Crippen molar-refractivity contribution in [1.29, 1.82) is 0 Å². The Hall–Kier alpha value is -2.46. The van der Waals surface area contributed by atoms with Gasteiger partial charge in [-0.1, -0.05) is 0 Å². The largest absolute Gasteiger partial charge is 0.466 e. The third-order valence-electron chi connectivity index (χ3n) is 5.29. The molecule has 2 aliphatic rings. The van der Waals surface area contributed by atoms with E-state index in [0.29, 0.717) is 17.3 Å². The van der Waals surface area contributed by atoms with Gasteiger partial charge in [0.15, 0.2) is 6.04 Å². The summed E-state index contributed by atoms with van der Waals surface area (Å²) in [7, 11) is 1.89. The molecule has 154 valence electrons. The van der Waals surface area contributed by atoms with Crippen molar-refractivity contribution in [3.05, 3.63) is 11.4 Å². The van der Waals surface area contributed by atoms with E-state index in [-0.39, 0.29) is 37.1 Å². The van der Waals surface area contributed by atoms with Crippen LogP contribution in [0.25, 0.3) is 0 Å². The fraction of sp³-hybridized carbons (Fsp3) is 0.667. The first-order valence-corrected chi connectivity index (χ1v) is 9.23. The molecule has 1 aromatic heterocycles. The predicted octanol–water partition coefficient (Wildman–Crippen LogP) is -0.478. The van der Waals surface area contributed by atoms with Crippen molar-refractivity contribution in [1.82, 2.24) is 14.5 Å². The Labute approximate surface area is 164 Å². The molecule has 0 spiro atoms. The van der Waals surface area contributed by atoms with Gasteiger partial charge in [0.1, 0.15) is 12.8 Å². The molecule has 4 atom stereocenters. The van der Waals surface area contributed by atoms with Crippen LogP contribution in [0, 0.1) is 6.92 Å². The quantitative estimate of drug-likeness (QED) is 0.622. The van der Waals surface area contributed by atoms with Crippen LogP contribution in [0.1, 0.15) is 37.0 Å². The molecule has 2 aliphatic heterocycles. The zero-order valence-corrected chi connectivity index (χ0v) is 16.9. The van der Waals surface area contributed by atoms with E-state index in [9.17, 15) is 14.7 Å². The van der Waals surface area contributed by atoms with Gasteiger partial charge in [0.05, 0.1) is 29.9 Å². The Balaban J connectivity index is 1.92. The molecule has 1 aromatic rings. The van der Waals surface area contributed by atoms with Crippen LogP contribution in [-0.4, -0.2) is 81.8 Å². The van der Waals surface area contributed by atoms with Gasteiger partial charge in [-0.05, 0) is 27.7 Å². The van der Waals surface area contributed by atoms with Crippen molar-refractivity contribution in [3.8, 4) is 0 Å². The van der Waals surface area contributed by atoms with Crippen LogP contribution in [0.3, 0.4) is 0 Å². The highest BCUT2D eigenvalue weighted by Gasteiger charge is 2.49. The maximum Gasteiger partial charge on any atom is 0.293 e. The average Bonchev–Trinajstić information content (AvgIpc) is 3.20. The van der Waals surface area contributed by atoms with Crippen LogP contribution in [0.15, 0.2) is 4.99 Å². The van der Waals surface area contributed by atoms with Gasteiger partial charge in [-0.2, -0.15) is 0 Å². The summed E-state index contributed by atoms with van der Waals surface area (Å²) < 4.78 is 6.15. The maximum absolute atomic E-state index is 13.2. The summed E-state index contributed by atoms with van der Waals surface area (Å²) >= 11 is 0. The first-order valence-electron chi connectivity index (χ1n) is 9.23. The van der Waals surface area contributed by atoms with E-state index < -0.39 is 18.2 Å². The summed E-state index contributed by atoms with van der Waals surface area (Å²) in [4.78, 5) is 36.6. The molecule has 28 heavy (non-hydrogen) atoms. The molecule has 4 unspecified atom stereocenters. The first kappa shape index (κ1) is 20.3. The number of rotatable bonds is 6. The lowest BCUT2D eigenvalue weighted by molar-refractivity contribution is -0.129. The number of aromatic nitrogens is 2. The highest BCUT2D eigenvalue weighted by Crippen LogP contribution is 2.35. The second-order valence-corrected chi connectivity index (χ2v) is 8.29. The third-order valence-corrected chi connectivity index (χ3v) is 5.29. The summed E-state index contributed by atoms with van der Waals surface area (Å²) in [5.41, 5.74) is 6.90. The van der Waals surface area contributed by atoms with Crippen molar-refractivity contribution in [2.45, 2.75) is 64.0 Å². The van der Waals surface area contributed by atoms with Gasteiger partial charge in [-0.25, -0.2) is 4.98 Å². The number of aliphatic imine (C=N–C) groups is 1. The van der Waals surface area contributed by atoms with Crippen molar-refractivity contribution in [2.75, 3.05) is 18.6 Å². The maximum atomic E-state index is 13.2. The molecule has 10 nitrogen and oxygen atoms in total. The minimum atomic E-state index is -0.992. The Morgan fingerprint density at radius 3 is 2.71 bits per heavy atom. The van der Waals surface area contributed by atoms with E-state index in [1.807, 2.05) is 11.9 Å². The number of fused-ring (bicyclic) bond motifs is 2. The van der Waals surface area contributed by atoms with E-state index in [4.69, 9.17) is 5.73 Å². The zero-order chi connectivity index (χ0) is 20.8. The number of imidazole rings is 1. The number of nitrogens with zero attached hydrogens (tertiary/aromatic N) is 5. The highest BCUT2D eigenvalue weighted by atomic mass is 16.5. The number of hydrogen-bond acceptors (Lipinski definition) is 9. The van der Waals surface area contributed by atoms with Gasteiger partial charge in [-0.3, -0.25) is 19.1 Å². The number of aliphatic hydroxyl groups is 1. The first-order chi connectivity index (χ1) is 13.1. The predicted molar refractivity (Wildman–Crippen MR) is 103 cm³/mol. The number of nitrogens with two attached hydrogens (primary N) is 1. The van der Waals surface area contributed by atoms with E-state index >= 15 is 0 Å². The molecule has 0 aliphatic carbocycles. The van der Waals surface area contributed by atoms with Gasteiger partial charge in [0, 0.05) is 19.0 Å². The lowest BCUT2D eigenvalue weighted by atomic mass is 10.0. The molecule has 0 fully saturated rings. The number of hydrogen-bond donors (Lipinski definition) is 2. The molecule has 0 radical (unpaired) electrons. The van der Waals surface area contributed by atoms with Crippen LogP contribution in [-0.2, 0) is 16.0 Å². The summed E-state index contributed by atoms with van der Waals surface area (Å²) in [6.07, 6.45) is 0.604. The number of likely N-dealkylation sites (N-methyl/N-ethyl adjacent to an activating group) is 1. The monoisotopic (exact) mass is 392 g/mol. The van der Waals surface area contributed by atoms with E-state index in [2.05, 4.69) is 40.4 Å². The summed E-state index contributed by atoms with van der Waals surface area (Å²) in [5, 5.41) is 10.4. The summed E-state index contributed by atoms with van der Waals surface area (Å²) in [5.74, 6) is 0.338. The molecule has 0 saturated heterocycles. The number of aliphatic hydroxyl groups excluding tert-OH is 1. The van der Waals surface area contributed by atoms with Crippen LogP contribution in [0.5, 0.6) is 0 Å². The molecule has 3 rings (SSSR count). The van der Waals surface area contributed by atoms with E-state index in [0.717, 1.165) is 0 Å². The van der Waals surface area contributed by atoms with Gasteiger partial charge in [0.2, 0.25) is 5.95 Å². The lowest BCUT2D eigenvalue weighted by Crippen LogP contribution is -2.60. The Kier molecular flexibility index (Phi) is 5.20. The standard InChI is InChI=1S/C18H28N6O4/c1-10-12(6-13(26)11(19)7-28-9-25)24-16(27)14-15(22(5)17(24)21-10)23(8-20-14)18(2,3)4/h8-9,11,13-15,26H,6-7,19H2,1-5H3. The number of aryl methyl sites for hydroxylation is 1.